The lowest BCUT2D eigenvalue weighted by atomic mass is 10.1. The van der Waals surface area contributed by atoms with Crippen LogP contribution < -0.4 is 0 Å². The summed E-state index contributed by atoms with van der Waals surface area (Å²) in [6.45, 7) is 0. The molecule has 0 aliphatic carbocycles. The van der Waals surface area contributed by atoms with Gasteiger partial charge in [0.05, 0.1) is 15.5 Å². The number of benzene rings is 2. The molecule has 0 aliphatic rings. The summed E-state index contributed by atoms with van der Waals surface area (Å²) in [5.41, 5.74) is -0.0479. The molecular weight excluding hydrogens is 296 g/mol. The van der Waals surface area contributed by atoms with Crippen LogP contribution in [0.4, 0.5) is 0 Å². The summed E-state index contributed by atoms with van der Waals surface area (Å²) >= 11 is 7.13. The van der Waals surface area contributed by atoms with Crippen molar-refractivity contribution in [2.45, 2.75) is 9.79 Å². The van der Waals surface area contributed by atoms with E-state index in [-0.39, 0.29) is 16.0 Å². The van der Waals surface area contributed by atoms with E-state index in [4.69, 9.17) is 22.1 Å². The van der Waals surface area contributed by atoms with E-state index in [1.807, 2.05) is 6.07 Å². The van der Waals surface area contributed by atoms with Gasteiger partial charge in [0, 0.05) is 11.0 Å². The fourth-order valence-corrected chi connectivity index (χ4v) is 2.81. The first-order valence-electron chi connectivity index (χ1n) is 5.40. The largest absolute Gasteiger partial charge is 0.504 e. The Balaban J connectivity index is 2.63. The Morgan fingerprint density at radius 2 is 1.80 bits per heavy atom. The number of phenols is 2. The average molecular weight is 303 g/mol. The van der Waals surface area contributed by atoms with Gasteiger partial charge < -0.3 is 10.2 Å². The first-order chi connectivity index (χ1) is 9.58. The van der Waals surface area contributed by atoms with Crippen molar-refractivity contribution in [2.24, 2.45) is 0 Å². The van der Waals surface area contributed by atoms with Gasteiger partial charge in [-0.15, -0.1) is 0 Å². The maximum Gasteiger partial charge on any atom is 0.176 e. The van der Waals surface area contributed by atoms with Gasteiger partial charge in [0.25, 0.3) is 0 Å². The fourth-order valence-electron chi connectivity index (χ4n) is 1.57. The van der Waals surface area contributed by atoms with E-state index in [0.717, 1.165) is 17.8 Å². The van der Waals surface area contributed by atoms with E-state index >= 15 is 0 Å². The summed E-state index contributed by atoms with van der Waals surface area (Å²) in [5, 5.41) is 37.9. The molecule has 2 aromatic carbocycles. The van der Waals surface area contributed by atoms with Crippen LogP contribution in [0.1, 0.15) is 11.1 Å². The lowest BCUT2D eigenvalue weighted by molar-refractivity contribution is 0.401. The molecule has 0 saturated carbocycles. The van der Waals surface area contributed by atoms with Crippen LogP contribution in [0.2, 0.25) is 5.02 Å². The Bertz CT molecular complexity index is 763. The third-order valence-electron chi connectivity index (χ3n) is 2.51. The SMILES string of the molecule is N#Cc1cc(O)c(O)c(C#N)c1Sc1ccccc1Cl. The molecule has 0 fully saturated rings. The molecule has 6 heteroatoms. The molecular formula is C14H7ClN2O2S. The minimum absolute atomic E-state index is 0.0989. The second-order valence-corrected chi connectivity index (χ2v) is 5.21. The van der Waals surface area contributed by atoms with Gasteiger partial charge >= 0.3 is 0 Å². The van der Waals surface area contributed by atoms with Gasteiger partial charge in [0.1, 0.15) is 17.7 Å². The van der Waals surface area contributed by atoms with E-state index in [1.54, 1.807) is 30.3 Å². The van der Waals surface area contributed by atoms with E-state index in [1.165, 1.54) is 0 Å². The Hall–Kier alpha value is -2.34. The van der Waals surface area contributed by atoms with Crippen molar-refractivity contribution < 1.29 is 10.2 Å². The molecule has 2 aromatic rings. The fraction of sp³-hybridized carbons (Fsp3) is 0. The van der Waals surface area contributed by atoms with Crippen LogP contribution in [0.25, 0.3) is 0 Å². The standard InChI is InChI=1S/C14H7ClN2O2S/c15-10-3-1-2-4-12(10)20-14-8(6-16)5-11(18)13(19)9(14)7-17/h1-5,18-19H. The topological polar surface area (TPSA) is 88.0 Å². The molecule has 2 rings (SSSR count). The van der Waals surface area contributed by atoms with Crippen LogP contribution >= 0.6 is 23.4 Å². The van der Waals surface area contributed by atoms with E-state index in [0.29, 0.717) is 9.92 Å². The molecule has 98 valence electrons. The zero-order valence-corrected chi connectivity index (χ0v) is 11.5. The molecule has 0 aliphatic heterocycles. The number of phenolic OH excluding ortho intramolecular Hbond substituents is 2. The number of hydrogen-bond donors (Lipinski definition) is 2. The summed E-state index contributed by atoms with van der Waals surface area (Å²) < 4.78 is 0. The number of rotatable bonds is 2. The number of nitriles is 2. The molecule has 0 aromatic heterocycles. The average Bonchev–Trinajstić information content (AvgIpc) is 2.45. The van der Waals surface area contributed by atoms with E-state index in [9.17, 15) is 10.2 Å². The third-order valence-corrected chi connectivity index (χ3v) is 4.16. The van der Waals surface area contributed by atoms with Crippen molar-refractivity contribution in [2.75, 3.05) is 0 Å². The molecule has 0 radical (unpaired) electrons. The Kier molecular flexibility index (Phi) is 4.05. The minimum Gasteiger partial charge on any atom is -0.504 e. The molecule has 0 spiro atoms. The second-order valence-electron chi connectivity index (χ2n) is 3.75. The number of hydrogen-bond acceptors (Lipinski definition) is 5. The highest BCUT2D eigenvalue weighted by molar-refractivity contribution is 7.99. The lowest BCUT2D eigenvalue weighted by Gasteiger charge is -2.10. The molecule has 0 atom stereocenters. The van der Waals surface area contributed by atoms with Crippen LogP contribution in [0.5, 0.6) is 11.5 Å². The first-order valence-corrected chi connectivity index (χ1v) is 6.59. The van der Waals surface area contributed by atoms with Gasteiger partial charge in [-0.25, -0.2) is 0 Å². The highest BCUT2D eigenvalue weighted by atomic mass is 35.5. The highest BCUT2D eigenvalue weighted by Gasteiger charge is 2.19. The van der Waals surface area contributed by atoms with Gasteiger partial charge in [-0.1, -0.05) is 35.5 Å². The van der Waals surface area contributed by atoms with Crippen molar-refractivity contribution in [3.8, 4) is 23.6 Å². The predicted octanol–water partition coefficient (Wildman–Crippen LogP) is 3.65. The maximum absolute atomic E-state index is 9.72. The zero-order valence-electron chi connectivity index (χ0n) is 9.96. The maximum atomic E-state index is 9.72. The lowest BCUT2D eigenvalue weighted by Crippen LogP contribution is -1.90. The summed E-state index contributed by atoms with van der Waals surface area (Å²) in [4.78, 5) is 0.908. The molecule has 0 unspecified atom stereocenters. The molecule has 0 bridgehead atoms. The quantitative estimate of drug-likeness (QED) is 0.827. The molecule has 0 amide bonds. The van der Waals surface area contributed by atoms with Gasteiger partial charge in [0.2, 0.25) is 0 Å². The number of nitrogens with zero attached hydrogens (tertiary/aromatic N) is 2. The number of halogens is 1. The summed E-state index contributed by atoms with van der Waals surface area (Å²) in [7, 11) is 0. The highest BCUT2D eigenvalue weighted by Crippen LogP contribution is 2.42. The predicted molar refractivity (Wildman–Crippen MR) is 74.8 cm³/mol. The Labute approximate surface area is 124 Å². The van der Waals surface area contributed by atoms with Crippen LogP contribution in [0, 0.1) is 22.7 Å². The first kappa shape index (κ1) is 14.1. The molecule has 20 heavy (non-hydrogen) atoms. The van der Waals surface area contributed by atoms with Gasteiger partial charge in [-0.05, 0) is 12.1 Å². The van der Waals surface area contributed by atoms with Crippen molar-refractivity contribution in [3.05, 3.63) is 46.5 Å². The van der Waals surface area contributed by atoms with Crippen LogP contribution in [-0.2, 0) is 0 Å². The summed E-state index contributed by atoms with van der Waals surface area (Å²) in [5.74, 6) is -1.04. The van der Waals surface area contributed by atoms with Crippen molar-refractivity contribution >= 4 is 23.4 Å². The second kappa shape index (κ2) is 5.75. The van der Waals surface area contributed by atoms with Crippen LogP contribution in [-0.4, -0.2) is 10.2 Å². The van der Waals surface area contributed by atoms with Gasteiger partial charge in [0.15, 0.2) is 11.5 Å². The molecule has 4 nitrogen and oxygen atoms in total. The van der Waals surface area contributed by atoms with Crippen molar-refractivity contribution in [1.82, 2.24) is 0 Å². The van der Waals surface area contributed by atoms with Gasteiger partial charge in [-0.3, -0.25) is 0 Å². The Morgan fingerprint density at radius 1 is 1.10 bits per heavy atom. The van der Waals surface area contributed by atoms with Crippen molar-refractivity contribution in [1.29, 1.82) is 10.5 Å². The molecule has 2 N–H and O–H groups in total. The van der Waals surface area contributed by atoms with E-state index in [2.05, 4.69) is 0 Å². The van der Waals surface area contributed by atoms with Crippen molar-refractivity contribution in [3.63, 3.8) is 0 Å². The summed E-state index contributed by atoms with van der Waals surface area (Å²) in [6.07, 6.45) is 0. The number of aromatic hydroxyl groups is 2. The Morgan fingerprint density at radius 3 is 2.40 bits per heavy atom. The summed E-state index contributed by atoms with van der Waals surface area (Å²) in [6, 6.07) is 11.8. The van der Waals surface area contributed by atoms with Gasteiger partial charge in [-0.2, -0.15) is 10.5 Å². The monoisotopic (exact) mass is 302 g/mol. The van der Waals surface area contributed by atoms with Crippen LogP contribution in [0.3, 0.4) is 0 Å². The minimum atomic E-state index is -0.541. The molecule has 0 saturated heterocycles. The third kappa shape index (κ3) is 2.50. The molecule has 0 heterocycles. The normalized spacial score (nSPS) is 9.75. The zero-order chi connectivity index (χ0) is 14.7. The van der Waals surface area contributed by atoms with E-state index < -0.39 is 11.5 Å². The van der Waals surface area contributed by atoms with Crippen LogP contribution in [0.15, 0.2) is 40.1 Å². The smallest absolute Gasteiger partial charge is 0.176 e.